The molecular weight excluding hydrogens is 901 g/mol. The van der Waals surface area contributed by atoms with Crippen LogP contribution in [0, 0.1) is 118 Å². The summed E-state index contributed by atoms with van der Waals surface area (Å²) in [6.07, 6.45) is 70.9. The zero-order chi connectivity index (χ0) is 53.4. The first-order valence-electron chi connectivity index (χ1n) is 34.9. The van der Waals surface area contributed by atoms with Gasteiger partial charge >= 0.3 is 0 Å². The Balaban J connectivity index is -0.000000305. The lowest BCUT2D eigenvalue weighted by atomic mass is 9.69. The minimum atomic E-state index is 0. The van der Waals surface area contributed by atoms with Crippen molar-refractivity contribution < 1.29 is 14.3 Å². The summed E-state index contributed by atoms with van der Waals surface area (Å²) in [5.41, 5.74) is 0. The third-order valence-electron chi connectivity index (χ3n) is 24.4. The van der Waals surface area contributed by atoms with Crippen molar-refractivity contribution in [1.29, 1.82) is 0 Å². The van der Waals surface area contributed by atoms with Crippen LogP contribution in [0.3, 0.4) is 0 Å². The molecule has 0 amide bonds. The normalized spacial score (nSPS) is 42.7. The van der Waals surface area contributed by atoms with Crippen LogP contribution in [-0.4, -0.2) is 0 Å². The molecule has 0 aromatic heterocycles. The molecule has 10 saturated carbocycles. The molecule has 0 saturated heterocycles. The molecule has 0 radical (unpaired) electrons. The molecule has 0 spiro atoms. The molecule has 0 aromatic rings. The van der Waals surface area contributed by atoms with Gasteiger partial charge < -0.3 is 0 Å². The smallest absolute Gasteiger partial charge is 0 e. The summed E-state index contributed by atoms with van der Waals surface area (Å²) in [4.78, 5) is 0. The maximum absolute atomic E-state index is 3.93. The summed E-state index contributed by atoms with van der Waals surface area (Å²) in [5.74, 6) is 20.3. The number of hydrogen-bond acceptors (Lipinski definition) is 0. The van der Waals surface area contributed by atoms with Gasteiger partial charge in [0.05, 0.1) is 0 Å². The maximum atomic E-state index is 3.93. The molecule has 0 bridgehead atoms. The highest BCUT2D eigenvalue weighted by atomic mass is 14.4. The second kappa shape index (κ2) is 35.0. The van der Waals surface area contributed by atoms with Gasteiger partial charge in [-0.2, -0.15) is 0 Å². The lowest BCUT2D eigenvalue weighted by Crippen LogP contribution is -2.24. The first kappa shape index (κ1) is 63.1. The van der Waals surface area contributed by atoms with E-state index in [1.807, 2.05) is 0 Å². The summed E-state index contributed by atoms with van der Waals surface area (Å²) < 4.78 is 0. The van der Waals surface area contributed by atoms with E-state index in [0.717, 1.165) is 118 Å². The third-order valence-corrected chi connectivity index (χ3v) is 24.4. The van der Waals surface area contributed by atoms with E-state index < -0.39 is 0 Å². The second-order valence-corrected chi connectivity index (χ2v) is 30.1. The van der Waals surface area contributed by atoms with Gasteiger partial charge in [-0.3, -0.25) is 0 Å². The zero-order valence-electron chi connectivity index (χ0n) is 51.8. The van der Waals surface area contributed by atoms with E-state index in [1.54, 1.807) is 51.4 Å². The second-order valence-electron chi connectivity index (χ2n) is 30.1. The Labute approximate surface area is 486 Å². The average Bonchev–Trinajstić information content (AvgIpc) is 3.45. The summed E-state index contributed by atoms with van der Waals surface area (Å²) >= 11 is 0. The lowest BCUT2D eigenvalue weighted by Gasteiger charge is -2.36. The Kier molecular flexibility index (Phi) is 29.4. The third kappa shape index (κ3) is 22.4. The van der Waals surface area contributed by atoms with E-state index in [0.29, 0.717) is 0 Å². The van der Waals surface area contributed by atoms with Gasteiger partial charge in [0.1, 0.15) is 0 Å². The van der Waals surface area contributed by atoms with Crippen molar-refractivity contribution in [1.82, 2.24) is 0 Å². The van der Waals surface area contributed by atoms with Gasteiger partial charge in [0.25, 0.3) is 0 Å². The molecule has 10 aliphatic rings. The number of hydrogen-bond donors (Lipinski definition) is 0. The summed E-state index contributed by atoms with van der Waals surface area (Å²) in [7, 11) is 0. The van der Waals surface area contributed by atoms with Gasteiger partial charge in [-0.25, -0.2) is 0 Å². The molecule has 10 aliphatic carbocycles. The van der Waals surface area contributed by atoms with E-state index in [4.69, 9.17) is 0 Å². The monoisotopic (exact) mass is 1050 g/mol. The van der Waals surface area contributed by atoms with Crippen LogP contribution < -0.4 is 0 Å². The van der Waals surface area contributed by atoms with Crippen molar-refractivity contribution >= 4 is 0 Å². The van der Waals surface area contributed by atoms with E-state index >= 15 is 0 Å². The van der Waals surface area contributed by atoms with Crippen LogP contribution in [0.25, 0.3) is 0 Å². The van der Waals surface area contributed by atoms with Gasteiger partial charge in [-0.05, 0) is 305 Å². The van der Waals surface area contributed by atoms with Crippen molar-refractivity contribution in [2.75, 3.05) is 0 Å². The fourth-order valence-corrected chi connectivity index (χ4v) is 18.2. The first-order valence-corrected chi connectivity index (χ1v) is 34.9. The fourth-order valence-electron chi connectivity index (χ4n) is 18.2. The van der Waals surface area contributed by atoms with Gasteiger partial charge in [0.2, 0.25) is 0 Å². The predicted molar refractivity (Wildman–Crippen MR) is 355 cm³/mol. The summed E-state index contributed by atoms with van der Waals surface area (Å²) in [6.45, 7) is 28.5. The SMILES string of the molecule is C/C=C/C1CCC(C2CCC(C)CC2)CC1.C=CC1CCC(C2CCC(C)CC2)CC1.C=CC1CCC(C2CCC(C=C)CC2)CC1.CC1CCC(C2CCC(C)CC2)CC1.CC1CCC(C2CCC(C)CC2)CC1.[HH].[HH].[HH].[HH].[HH].[HH].[HH].[HH].[HH].[HH]. The van der Waals surface area contributed by atoms with Crippen molar-refractivity contribution in [3.8, 4) is 0 Å². The topological polar surface area (TPSA) is 0 Å². The molecular formula is C75H152. The fraction of sp³-hybridized carbons (Fsp3) is 0.893. The minimum Gasteiger partial charge on any atom is -0.103 e. The Hall–Kier alpha value is -1.04. The van der Waals surface area contributed by atoms with Crippen LogP contribution in [0.1, 0.15) is 320 Å². The van der Waals surface area contributed by atoms with Crippen LogP contribution in [0.15, 0.2) is 50.1 Å². The van der Waals surface area contributed by atoms with Gasteiger partial charge in [0, 0.05) is 14.3 Å². The van der Waals surface area contributed by atoms with Crippen LogP contribution in [-0.2, 0) is 0 Å². The Morgan fingerprint density at radius 3 is 0.480 bits per heavy atom. The molecule has 0 N–H and O–H groups in total. The predicted octanol–water partition coefficient (Wildman–Crippen LogP) is 26.7. The lowest BCUT2D eigenvalue weighted by molar-refractivity contribution is 0.155. The van der Waals surface area contributed by atoms with Gasteiger partial charge in [-0.15, -0.1) is 19.7 Å². The molecule has 0 aliphatic heterocycles. The highest BCUT2D eigenvalue weighted by Gasteiger charge is 2.33. The Morgan fingerprint density at radius 2 is 0.347 bits per heavy atom. The molecule has 452 valence electrons. The highest BCUT2D eigenvalue weighted by molar-refractivity contribution is 4.93. The molecule has 75 heavy (non-hydrogen) atoms. The van der Waals surface area contributed by atoms with E-state index in [9.17, 15) is 0 Å². The van der Waals surface area contributed by atoms with Crippen molar-refractivity contribution in [2.45, 2.75) is 305 Å². The summed E-state index contributed by atoms with van der Waals surface area (Å²) in [6, 6.07) is 0. The van der Waals surface area contributed by atoms with Crippen LogP contribution >= 0.6 is 0 Å². The molecule has 10 fully saturated rings. The van der Waals surface area contributed by atoms with Crippen molar-refractivity contribution in [3.63, 3.8) is 0 Å². The molecule has 0 nitrogen and oxygen atoms in total. The molecule has 10 rings (SSSR count). The quantitative estimate of drug-likeness (QED) is 0.202. The van der Waals surface area contributed by atoms with Crippen LogP contribution in [0.5, 0.6) is 0 Å². The van der Waals surface area contributed by atoms with Gasteiger partial charge in [0.15, 0.2) is 0 Å². The molecule has 0 heteroatoms. The Morgan fingerprint density at radius 1 is 0.213 bits per heavy atom. The molecule has 0 unspecified atom stereocenters. The average molecular weight is 1050 g/mol. The maximum Gasteiger partial charge on any atom is 0 e. The first-order chi connectivity index (χ1) is 36.4. The molecule has 0 aromatic carbocycles. The van der Waals surface area contributed by atoms with Gasteiger partial charge in [-0.1, -0.05) is 149 Å². The minimum absolute atomic E-state index is 0. The molecule has 0 atom stereocenters. The number of rotatable bonds is 9. The highest BCUT2D eigenvalue weighted by Crippen LogP contribution is 2.46. The van der Waals surface area contributed by atoms with E-state index in [-0.39, 0.29) is 14.3 Å². The van der Waals surface area contributed by atoms with Crippen molar-refractivity contribution in [2.24, 2.45) is 118 Å². The largest absolute Gasteiger partial charge is 0.103 e. The Bertz CT molecular complexity index is 1410. The standard InChI is InChI=1S/C16H28.C16H26.C15H26.2C14H26.10H2/c1-3-4-14-7-11-16(12-8-14)15-9-5-13(2)6-10-15;1-3-13-5-9-15(10-6-13)16-11-7-14(4-2)8-12-16;1-3-13-6-10-15(11-7-13)14-8-4-12(2)5-9-14;2*1-11-3-7-13(8-4-11)14-9-5-12(2)6-10-14;;;;;;;;;;/h3-4,13-16H,5-12H2,1-2H3;3-4,13-16H,1-2,5-12H2;3,12-15H,1,4-11H2,2H3;2*11-14H,3-10H2,1-2H3;10*1H/b4-3+;;;;;;;;;;;;;;. The van der Waals surface area contributed by atoms with E-state index in [2.05, 4.69) is 98.6 Å². The molecule has 0 heterocycles. The summed E-state index contributed by atoms with van der Waals surface area (Å²) in [5, 5.41) is 0. The van der Waals surface area contributed by atoms with Crippen LogP contribution in [0.2, 0.25) is 0 Å². The van der Waals surface area contributed by atoms with Crippen LogP contribution in [0.4, 0.5) is 0 Å². The van der Waals surface area contributed by atoms with E-state index in [1.165, 1.54) is 205 Å². The van der Waals surface area contributed by atoms with Crippen molar-refractivity contribution in [3.05, 3.63) is 50.1 Å². The zero-order valence-corrected chi connectivity index (χ0v) is 51.8. The number of allylic oxidation sites excluding steroid dienone is 5.